The molecule has 1 heterocycles. The molecule has 0 fully saturated rings. The Hall–Kier alpha value is -6.38. The predicted molar refractivity (Wildman–Crippen MR) is 229 cm³/mol. The zero-order valence-corrected chi connectivity index (χ0v) is 31.5. The first kappa shape index (κ1) is 33.2. The third-order valence-electron chi connectivity index (χ3n) is 12.4. The van der Waals surface area contributed by atoms with E-state index in [4.69, 9.17) is 4.74 Å². The van der Waals surface area contributed by atoms with Crippen molar-refractivity contribution in [3.63, 3.8) is 0 Å². The molecule has 6 aromatic rings. The highest BCUT2D eigenvalue weighted by Crippen LogP contribution is 2.60. The second-order valence-corrected chi connectivity index (χ2v) is 15.7. The smallest absolute Gasteiger partial charge is 0.134 e. The van der Waals surface area contributed by atoms with Crippen molar-refractivity contribution in [1.29, 1.82) is 0 Å². The van der Waals surface area contributed by atoms with Gasteiger partial charge in [0, 0.05) is 40.2 Å². The lowest BCUT2D eigenvalue weighted by Gasteiger charge is -2.40. The number of hydrogen-bond donors (Lipinski definition) is 0. The molecule has 4 aliphatic rings. The summed E-state index contributed by atoms with van der Waals surface area (Å²) in [5, 5.41) is 0. The second kappa shape index (κ2) is 12.9. The average Bonchev–Trinajstić information content (AvgIpc) is 3.67. The number of hydrogen-bond acceptors (Lipinski definition) is 2. The Morgan fingerprint density at radius 2 is 1.25 bits per heavy atom. The fraction of sp³-hybridized carbons (Fsp3) is 0.132. The minimum atomic E-state index is -0.519. The number of nitrogens with zero attached hydrogens (tertiary/aromatic N) is 1. The quantitative estimate of drug-likeness (QED) is 0.160. The van der Waals surface area contributed by atoms with Crippen LogP contribution in [0.2, 0.25) is 0 Å². The lowest BCUT2D eigenvalue weighted by Crippen LogP contribution is -2.32. The van der Waals surface area contributed by atoms with Crippen LogP contribution in [-0.4, -0.2) is 0 Å². The number of rotatable bonds is 6. The molecule has 3 atom stereocenters. The van der Waals surface area contributed by atoms with Crippen molar-refractivity contribution in [2.75, 3.05) is 4.90 Å². The van der Waals surface area contributed by atoms with Crippen LogP contribution in [0.5, 0.6) is 11.5 Å². The molecule has 3 unspecified atom stereocenters. The molecule has 0 amide bonds. The van der Waals surface area contributed by atoms with Gasteiger partial charge < -0.3 is 9.64 Å². The number of fused-ring (bicyclic) bond motifs is 9. The lowest BCUT2D eigenvalue weighted by molar-refractivity contribution is 0.394. The molecule has 6 aromatic carbocycles. The topological polar surface area (TPSA) is 12.5 Å². The molecule has 0 saturated carbocycles. The van der Waals surface area contributed by atoms with Crippen molar-refractivity contribution in [2.45, 2.75) is 37.5 Å². The summed E-state index contributed by atoms with van der Waals surface area (Å²) >= 11 is 0. The van der Waals surface area contributed by atoms with Gasteiger partial charge in [0.1, 0.15) is 11.5 Å². The first-order chi connectivity index (χ1) is 27.0. The monoisotopic (exact) mass is 709 g/mol. The van der Waals surface area contributed by atoms with Gasteiger partial charge in [-0.2, -0.15) is 0 Å². The summed E-state index contributed by atoms with van der Waals surface area (Å²) in [5.74, 6) is 2.59. The normalized spacial score (nSPS) is 20.8. The summed E-state index contributed by atoms with van der Waals surface area (Å²) in [4.78, 5) is 2.40. The molecule has 266 valence electrons. The minimum Gasteiger partial charge on any atom is -0.457 e. The van der Waals surface area contributed by atoms with Crippen LogP contribution < -0.4 is 9.64 Å². The van der Waals surface area contributed by atoms with Crippen LogP contribution in [0.25, 0.3) is 17.2 Å². The Labute approximate surface area is 324 Å². The van der Waals surface area contributed by atoms with Crippen molar-refractivity contribution in [2.24, 2.45) is 5.92 Å². The Morgan fingerprint density at radius 3 is 2.09 bits per heavy atom. The van der Waals surface area contributed by atoms with E-state index in [0.717, 1.165) is 39.7 Å². The summed E-state index contributed by atoms with van der Waals surface area (Å²) in [7, 11) is 0. The van der Waals surface area contributed by atoms with Crippen LogP contribution in [0.3, 0.4) is 0 Å². The molecule has 0 N–H and O–H groups in total. The van der Waals surface area contributed by atoms with Gasteiger partial charge in [0.25, 0.3) is 0 Å². The third kappa shape index (κ3) is 5.08. The Kier molecular flexibility index (Phi) is 7.78. The molecule has 0 saturated heterocycles. The van der Waals surface area contributed by atoms with E-state index in [1.54, 1.807) is 0 Å². The molecule has 3 aliphatic carbocycles. The van der Waals surface area contributed by atoms with E-state index < -0.39 is 5.41 Å². The molecule has 10 rings (SSSR count). The van der Waals surface area contributed by atoms with Crippen LogP contribution in [0.1, 0.15) is 60.1 Å². The van der Waals surface area contributed by atoms with Crippen molar-refractivity contribution in [1.82, 2.24) is 0 Å². The number of ether oxygens (including phenoxy) is 1. The number of anilines is 3. The van der Waals surface area contributed by atoms with E-state index in [0.29, 0.717) is 11.8 Å². The molecule has 0 aromatic heterocycles. The van der Waals surface area contributed by atoms with Crippen LogP contribution in [-0.2, 0) is 10.8 Å². The van der Waals surface area contributed by atoms with Crippen molar-refractivity contribution >= 4 is 23.1 Å². The number of allylic oxidation sites excluding steroid dienone is 9. The van der Waals surface area contributed by atoms with Crippen LogP contribution >= 0.6 is 0 Å². The van der Waals surface area contributed by atoms with Crippen LogP contribution in [0.15, 0.2) is 194 Å². The van der Waals surface area contributed by atoms with Crippen molar-refractivity contribution in [3.05, 3.63) is 227 Å². The summed E-state index contributed by atoms with van der Waals surface area (Å²) in [5.41, 5.74) is 14.1. The van der Waals surface area contributed by atoms with Gasteiger partial charge in [-0.3, -0.25) is 0 Å². The molecule has 1 spiro atoms. The van der Waals surface area contributed by atoms with Crippen molar-refractivity contribution in [3.8, 4) is 22.6 Å². The van der Waals surface area contributed by atoms with Crippen LogP contribution in [0, 0.1) is 5.92 Å². The van der Waals surface area contributed by atoms with Gasteiger partial charge in [-0.05, 0) is 99.7 Å². The molecule has 0 radical (unpaired) electrons. The van der Waals surface area contributed by atoms with E-state index in [-0.39, 0.29) is 5.41 Å². The average molecular weight is 710 g/mol. The van der Waals surface area contributed by atoms with Gasteiger partial charge in [0.05, 0.1) is 5.41 Å². The first-order valence-corrected chi connectivity index (χ1v) is 19.5. The summed E-state index contributed by atoms with van der Waals surface area (Å²) in [6, 6.07) is 51.0. The maximum absolute atomic E-state index is 6.96. The highest BCUT2D eigenvalue weighted by Gasteiger charge is 2.49. The molecule has 2 nitrogen and oxygen atoms in total. The van der Waals surface area contributed by atoms with Gasteiger partial charge in [0.2, 0.25) is 0 Å². The largest absolute Gasteiger partial charge is 0.457 e. The first-order valence-electron chi connectivity index (χ1n) is 19.5. The number of benzene rings is 6. The maximum Gasteiger partial charge on any atom is 0.134 e. The molecule has 1 aliphatic heterocycles. The van der Waals surface area contributed by atoms with Gasteiger partial charge in [-0.25, -0.2) is 0 Å². The number of para-hydroxylation sites is 1. The van der Waals surface area contributed by atoms with Crippen LogP contribution in [0.4, 0.5) is 17.1 Å². The lowest BCUT2D eigenvalue weighted by atomic mass is 9.65. The summed E-state index contributed by atoms with van der Waals surface area (Å²) in [6.07, 6.45) is 20.2. The summed E-state index contributed by atoms with van der Waals surface area (Å²) < 4.78 is 6.96. The zero-order valence-electron chi connectivity index (χ0n) is 31.5. The van der Waals surface area contributed by atoms with Crippen molar-refractivity contribution < 1.29 is 4.74 Å². The highest BCUT2D eigenvalue weighted by atomic mass is 16.5. The molecular weight excluding hydrogens is 667 g/mol. The molecular formula is C53H43NO. The molecule has 55 heavy (non-hydrogen) atoms. The highest BCUT2D eigenvalue weighted by molar-refractivity contribution is 5.86. The van der Waals surface area contributed by atoms with E-state index in [2.05, 4.69) is 220 Å². The van der Waals surface area contributed by atoms with Gasteiger partial charge in [0.15, 0.2) is 0 Å². The molecule has 2 heteroatoms. The third-order valence-corrected chi connectivity index (χ3v) is 12.4. The summed E-state index contributed by atoms with van der Waals surface area (Å²) in [6.45, 7) is 6.87. The standard InChI is InChI=1S/C53H43NO/c1-4-5-7-19-39-33-38-18-10-12-21-45(38)53(39)47-23-14-15-24-50(47)55-51-35-42(30-32-48(51)53)54(40-27-25-37(26-28-40)36-16-8-6-9-17-36)41-29-31-44-43-20-11-13-22-46(43)52(2,3)49(44)34-41/h4-35,43,46H,1-3H3/b5-4-,19-7-. The fourth-order valence-corrected chi connectivity index (χ4v) is 9.80. The van der Waals surface area contributed by atoms with E-state index in [9.17, 15) is 0 Å². The molecule has 0 bridgehead atoms. The van der Waals surface area contributed by atoms with Gasteiger partial charge in [-0.15, -0.1) is 0 Å². The Morgan fingerprint density at radius 1 is 0.582 bits per heavy atom. The van der Waals surface area contributed by atoms with Gasteiger partial charge in [-0.1, -0.05) is 160 Å². The fourth-order valence-electron chi connectivity index (χ4n) is 9.80. The minimum absolute atomic E-state index is 0.00571. The SMILES string of the molecule is C/C=C\C=C/C1=Cc2ccccc2C12c1ccccc1Oc1cc(N(c3ccc(-c4ccccc4)cc3)c3ccc4c(c3)C(C)(C)C3C=CC=CC43)ccc12. The van der Waals surface area contributed by atoms with E-state index in [1.807, 2.05) is 0 Å². The Balaban J connectivity index is 1.16. The maximum atomic E-state index is 6.96. The Bertz CT molecular complexity index is 2620. The second-order valence-electron chi connectivity index (χ2n) is 15.7. The van der Waals surface area contributed by atoms with Gasteiger partial charge >= 0.3 is 0 Å². The van der Waals surface area contributed by atoms with E-state index >= 15 is 0 Å². The van der Waals surface area contributed by atoms with E-state index in [1.165, 1.54) is 39.0 Å². The zero-order chi connectivity index (χ0) is 37.1. The predicted octanol–water partition coefficient (Wildman–Crippen LogP) is 13.9.